The lowest BCUT2D eigenvalue weighted by molar-refractivity contribution is -0.142. The molecule has 1 unspecified atom stereocenters. The molecular weight excluding hydrogens is 396 g/mol. The first-order valence-corrected chi connectivity index (χ1v) is 10.7. The summed E-state index contributed by atoms with van der Waals surface area (Å²) in [5, 5.41) is 11.7. The molecule has 31 heavy (non-hydrogen) atoms. The van der Waals surface area contributed by atoms with Crippen LogP contribution in [0, 0.1) is 0 Å². The average Bonchev–Trinajstić information content (AvgIpc) is 3.11. The van der Waals surface area contributed by atoms with E-state index < -0.39 is 24.5 Å². The maximum absolute atomic E-state index is 12.7. The number of likely N-dealkylation sites (tertiary alicyclic amines) is 1. The molecule has 0 saturated carbocycles. The van der Waals surface area contributed by atoms with Crippen LogP contribution in [0.1, 0.15) is 42.7 Å². The van der Waals surface area contributed by atoms with Crippen molar-refractivity contribution in [3.8, 4) is 11.1 Å². The van der Waals surface area contributed by atoms with Crippen molar-refractivity contribution in [1.82, 2.24) is 10.2 Å². The summed E-state index contributed by atoms with van der Waals surface area (Å²) in [6.45, 7) is 1.28. The summed E-state index contributed by atoms with van der Waals surface area (Å²) in [6, 6.07) is 14.9. The minimum atomic E-state index is -1.14. The van der Waals surface area contributed by atoms with E-state index in [9.17, 15) is 19.5 Å². The average molecular weight is 422 g/mol. The summed E-state index contributed by atoms with van der Waals surface area (Å²) in [7, 11) is 0. The quantitative estimate of drug-likeness (QED) is 0.744. The van der Waals surface area contributed by atoms with E-state index >= 15 is 0 Å². The minimum Gasteiger partial charge on any atom is -0.481 e. The highest BCUT2D eigenvalue weighted by atomic mass is 16.5. The minimum absolute atomic E-state index is 0.103. The van der Waals surface area contributed by atoms with E-state index in [1.807, 2.05) is 36.4 Å². The fourth-order valence-corrected chi connectivity index (χ4v) is 4.49. The van der Waals surface area contributed by atoms with E-state index in [1.54, 1.807) is 4.90 Å². The zero-order valence-corrected chi connectivity index (χ0v) is 17.3. The van der Waals surface area contributed by atoms with E-state index in [0.717, 1.165) is 41.5 Å². The standard InChI is InChI=1S/C24H26N2O5/c27-22(28)14-21(23(29)26-12-6-1-7-13-26)25-24(30)31-15-20-18-10-4-2-8-16(18)17-9-3-5-11-19(17)20/h2-5,8-11,20-21H,1,6-7,12-15H2,(H,25,30)(H,27,28). The molecule has 0 bridgehead atoms. The smallest absolute Gasteiger partial charge is 0.407 e. The third kappa shape index (κ3) is 4.55. The van der Waals surface area contributed by atoms with Crippen molar-refractivity contribution >= 4 is 18.0 Å². The number of aliphatic carboxylic acids is 1. The van der Waals surface area contributed by atoms with Crippen LogP contribution in [-0.2, 0) is 14.3 Å². The number of alkyl carbamates (subject to hydrolysis) is 1. The molecule has 7 heteroatoms. The van der Waals surface area contributed by atoms with Crippen molar-refractivity contribution in [2.24, 2.45) is 0 Å². The number of nitrogens with one attached hydrogen (secondary N) is 1. The van der Waals surface area contributed by atoms with Gasteiger partial charge in [0.1, 0.15) is 12.6 Å². The molecule has 162 valence electrons. The molecule has 2 aromatic rings. The van der Waals surface area contributed by atoms with Gasteiger partial charge in [-0.15, -0.1) is 0 Å². The van der Waals surface area contributed by atoms with Gasteiger partial charge in [0, 0.05) is 19.0 Å². The molecule has 2 aromatic carbocycles. The number of fused-ring (bicyclic) bond motifs is 3. The van der Waals surface area contributed by atoms with E-state index in [1.165, 1.54) is 0 Å². The van der Waals surface area contributed by atoms with Crippen LogP contribution in [0.25, 0.3) is 11.1 Å². The van der Waals surface area contributed by atoms with Gasteiger partial charge in [0.05, 0.1) is 6.42 Å². The number of carboxylic acids is 1. The zero-order chi connectivity index (χ0) is 21.8. The van der Waals surface area contributed by atoms with Crippen LogP contribution in [0.4, 0.5) is 4.79 Å². The van der Waals surface area contributed by atoms with Crippen molar-refractivity contribution in [2.75, 3.05) is 19.7 Å². The van der Waals surface area contributed by atoms with E-state index in [0.29, 0.717) is 13.1 Å². The fourth-order valence-electron chi connectivity index (χ4n) is 4.49. The van der Waals surface area contributed by atoms with Crippen LogP contribution < -0.4 is 5.32 Å². The lowest BCUT2D eigenvalue weighted by Crippen LogP contribution is -2.51. The first-order chi connectivity index (χ1) is 15.0. The molecule has 2 amide bonds. The Balaban J connectivity index is 1.43. The topological polar surface area (TPSA) is 95.9 Å². The monoisotopic (exact) mass is 422 g/mol. The van der Waals surface area contributed by atoms with E-state index in [4.69, 9.17) is 4.74 Å². The highest BCUT2D eigenvalue weighted by Gasteiger charge is 2.31. The van der Waals surface area contributed by atoms with Gasteiger partial charge in [0.2, 0.25) is 5.91 Å². The molecule has 1 aliphatic heterocycles. The lowest BCUT2D eigenvalue weighted by atomic mass is 9.98. The zero-order valence-electron chi connectivity index (χ0n) is 17.3. The first-order valence-electron chi connectivity index (χ1n) is 10.7. The summed E-state index contributed by atoms with van der Waals surface area (Å²) in [6.07, 6.45) is 1.57. The largest absolute Gasteiger partial charge is 0.481 e. The van der Waals surface area contributed by atoms with Crippen LogP contribution >= 0.6 is 0 Å². The third-order valence-corrected chi connectivity index (χ3v) is 5.98. The van der Waals surface area contributed by atoms with Gasteiger partial charge in [0.15, 0.2) is 0 Å². The summed E-state index contributed by atoms with van der Waals surface area (Å²) in [4.78, 5) is 38.1. The molecule has 2 N–H and O–H groups in total. The predicted octanol–water partition coefficient (Wildman–Crippen LogP) is 3.38. The molecule has 1 fully saturated rings. The summed E-state index contributed by atoms with van der Waals surface area (Å²) in [5.41, 5.74) is 4.42. The number of benzene rings is 2. The van der Waals surface area contributed by atoms with Crippen molar-refractivity contribution in [2.45, 2.75) is 37.6 Å². The summed E-state index contributed by atoms with van der Waals surface area (Å²) >= 11 is 0. The Labute approximate surface area is 181 Å². The van der Waals surface area contributed by atoms with Gasteiger partial charge in [-0.1, -0.05) is 48.5 Å². The number of hydrogen-bond donors (Lipinski definition) is 2. The van der Waals surface area contributed by atoms with Crippen LogP contribution in [0.2, 0.25) is 0 Å². The van der Waals surface area contributed by atoms with Crippen LogP contribution in [0.3, 0.4) is 0 Å². The number of nitrogens with zero attached hydrogens (tertiary/aromatic N) is 1. The number of hydrogen-bond acceptors (Lipinski definition) is 4. The Kier molecular flexibility index (Phi) is 6.21. The molecule has 0 spiro atoms. The van der Waals surface area contributed by atoms with Crippen molar-refractivity contribution in [3.63, 3.8) is 0 Å². The van der Waals surface area contributed by atoms with Crippen molar-refractivity contribution in [1.29, 1.82) is 0 Å². The van der Waals surface area contributed by atoms with Crippen LogP contribution in [0.15, 0.2) is 48.5 Å². The first kappa shape index (κ1) is 20.9. The highest BCUT2D eigenvalue weighted by molar-refractivity contribution is 5.89. The number of rotatable bonds is 6. The van der Waals surface area contributed by atoms with Gasteiger partial charge in [0.25, 0.3) is 0 Å². The lowest BCUT2D eigenvalue weighted by Gasteiger charge is -2.30. The van der Waals surface area contributed by atoms with E-state index in [2.05, 4.69) is 17.4 Å². The van der Waals surface area contributed by atoms with Gasteiger partial charge < -0.3 is 20.1 Å². The highest BCUT2D eigenvalue weighted by Crippen LogP contribution is 2.44. The molecule has 7 nitrogen and oxygen atoms in total. The normalized spacial score (nSPS) is 16.2. The molecule has 1 atom stereocenters. The maximum atomic E-state index is 12.7. The number of carbonyl (C=O) groups is 3. The Morgan fingerprint density at radius 2 is 1.55 bits per heavy atom. The molecule has 4 rings (SSSR count). The van der Waals surface area contributed by atoms with E-state index in [-0.39, 0.29) is 18.4 Å². The SMILES string of the molecule is O=C(O)CC(NC(=O)OCC1c2ccccc2-c2ccccc21)C(=O)N1CCCCC1. The Morgan fingerprint density at radius 1 is 0.968 bits per heavy atom. The molecule has 1 saturated heterocycles. The number of carbonyl (C=O) groups excluding carboxylic acids is 2. The fraction of sp³-hybridized carbons (Fsp3) is 0.375. The summed E-state index contributed by atoms with van der Waals surface area (Å²) < 4.78 is 5.48. The second-order valence-corrected chi connectivity index (χ2v) is 8.01. The molecular formula is C24H26N2O5. The van der Waals surface area contributed by atoms with Crippen molar-refractivity contribution < 1.29 is 24.2 Å². The summed E-state index contributed by atoms with van der Waals surface area (Å²) in [5.74, 6) is -1.61. The van der Waals surface area contributed by atoms with Crippen LogP contribution in [0.5, 0.6) is 0 Å². The van der Waals surface area contributed by atoms with Gasteiger partial charge >= 0.3 is 12.1 Å². The van der Waals surface area contributed by atoms with Crippen molar-refractivity contribution in [3.05, 3.63) is 59.7 Å². The Morgan fingerprint density at radius 3 is 2.13 bits per heavy atom. The maximum Gasteiger partial charge on any atom is 0.407 e. The van der Waals surface area contributed by atoms with Gasteiger partial charge in [-0.05, 0) is 41.5 Å². The molecule has 0 aromatic heterocycles. The molecule has 1 heterocycles. The number of ether oxygens (including phenoxy) is 1. The number of piperidine rings is 1. The Bertz CT molecular complexity index is 938. The second kappa shape index (κ2) is 9.20. The van der Waals surface area contributed by atoms with Gasteiger partial charge in [-0.25, -0.2) is 4.79 Å². The predicted molar refractivity (Wildman–Crippen MR) is 115 cm³/mol. The van der Waals surface area contributed by atoms with Crippen LogP contribution in [-0.4, -0.2) is 53.7 Å². The second-order valence-electron chi connectivity index (χ2n) is 8.01. The Hall–Kier alpha value is -3.35. The van der Waals surface area contributed by atoms with Gasteiger partial charge in [-0.2, -0.15) is 0 Å². The molecule has 2 aliphatic rings. The number of carboxylic acid groups (broad SMARTS) is 1. The third-order valence-electron chi connectivity index (χ3n) is 5.98. The number of amides is 2. The molecule has 1 aliphatic carbocycles. The molecule has 0 radical (unpaired) electrons. The van der Waals surface area contributed by atoms with Gasteiger partial charge in [-0.3, -0.25) is 9.59 Å².